The zero-order valence-corrected chi connectivity index (χ0v) is 15.9. The molecule has 0 saturated heterocycles. The van der Waals surface area contributed by atoms with Crippen molar-refractivity contribution < 1.29 is 4.79 Å². The second-order valence-electron chi connectivity index (χ2n) is 6.57. The number of nitrogens with zero attached hydrogens (tertiary/aromatic N) is 4. The van der Waals surface area contributed by atoms with Gasteiger partial charge in [0.1, 0.15) is 0 Å². The van der Waals surface area contributed by atoms with Gasteiger partial charge in [0.2, 0.25) is 5.91 Å². The lowest BCUT2D eigenvalue weighted by Gasteiger charge is -2.14. The summed E-state index contributed by atoms with van der Waals surface area (Å²) in [6, 6.07) is 1.99. The van der Waals surface area contributed by atoms with E-state index >= 15 is 0 Å². The molecule has 1 N–H and O–H groups in total. The lowest BCUT2D eigenvalue weighted by atomic mass is 9.97. The van der Waals surface area contributed by atoms with E-state index in [9.17, 15) is 4.79 Å². The number of aromatic nitrogens is 4. The quantitative estimate of drug-likeness (QED) is 0.633. The first-order valence-electron chi connectivity index (χ1n) is 8.86. The van der Waals surface area contributed by atoms with Gasteiger partial charge in [0.15, 0.2) is 5.16 Å². The molecule has 2 aromatic rings. The maximum absolute atomic E-state index is 12.4. The Morgan fingerprint density at radius 1 is 1.36 bits per heavy atom. The summed E-state index contributed by atoms with van der Waals surface area (Å²) in [6.45, 7) is 6.54. The summed E-state index contributed by atoms with van der Waals surface area (Å²) in [5.74, 6) is 0.618. The number of aryl methyl sites for hydroxylation is 2. The van der Waals surface area contributed by atoms with E-state index < -0.39 is 0 Å². The summed E-state index contributed by atoms with van der Waals surface area (Å²) in [5.41, 5.74) is 3.41. The molecule has 0 unspecified atom stereocenters. The van der Waals surface area contributed by atoms with Crippen LogP contribution in [0.5, 0.6) is 0 Å². The fraction of sp³-hybridized carbons (Fsp3) is 0.556. The van der Waals surface area contributed by atoms with Gasteiger partial charge in [-0.05, 0) is 58.9 Å². The number of hydrogen-bond donors (Lipinski definition) is 1. The van der Waals surface area contributed by atoms with Gasteiger partial charge in [-0.2, -0.15) is 0 Å². The molecule has 2 aromatic heterocycles. The zero-order valence-electron chi connectivity index (χ0n) is 15.1. The van der Waals surface area contributed by atoms with Crippen LogP contribution in [0.3, 0.4) is 0 Å². The summed E-state index contributed by atoms with van der Waals surface area (Å²) >= 11 is 1.42. The third kappa shape index (κ3) is 4.39. The van der Waals surface area contributed by atoms with Crippen LogP contribution >= 0.6 is 11.8 Å². The number of rotatable bonds is 6. The molecular formula is C18H25N5OS. The van der Waals surface area contributed by atoms with Crippen molar-refractivity contribution in [3.05, 3.63) is 29.1 Å². The maximum Gasteiger partial charge on any atom is 0.256 e. The molecule has 0 radical (unpaired) electrons. The van der Waals surface area contributed by atoms with Crippen molar-refractivity contribution in [3.63, 3.8) is 0 Å². The van der Waals surface area contributed by atoms with Crippen molar-refractivity contribution in [2.75, 3.05) is 6.54 Å². The van der Waals surface area contributed by atoms with Gasteiger partial charge in [0.05, 0.1) is 5.25 Å². The molecule has 0 bridgehead atoms. The normalized spacial score (nSPS) is 15.9. The predicted octanol–water partition coefficient (Wildman–Crippen LogP) is 3.23. The van der Waals surface area contributed by atoms with Gasteiger partial charge < -0.3 is 5.32 Å². The molecule has 2 heterocycles. The lowest BCUT2D eigenvalue weighted by Crippen LogP contribution is -2.32. The second-order valence-corrected chi connectivity index (χ2v) is 7.87. The minimum Gasteiger partial charge on any atom is -0.355 e. The average molecular weight is 359 g/mol. The van der Waals surface area contributed by atoms with Gasteiger partial charge in [-0.1, -0.05) is 23.4 Å². The van der Waals surface area contributed by atoms with E-state index in [2.05, 4.69) is 26.6 Å². The van der Waals surface area contributed by atoms with Crippen molar-refractivity contribution in [1.82, 2.24) is 24.9 Å². The first-order valence-corrected chi connectivity index (χ1v) is 9.74. The largest absolute Gasteiger partial charge is 0.355 e. The number of nitrogens with one attached hydrogen (secondary N) is 1. The average Bonchev–Trinajstić information content (AvgIpc) is 2.98. The second kappa shape index (κ2) is 7.99. The van der Waals surface area contributed by atoms with Gasteiger partial charge in [-0.25, -0.2) is 4.98 Å². The Hall–Kier alpha value is -1.89. The van der Waals surface area contributed by atoms with Crippen LogP contribution in [0.2, 0.25) is 0 Å². The highest BCUT2D eigenvalue weighted by Crippen LogP contribution is 2.23. The standard InChI is InChI=1S/C18H25N5OS/c1-12-11-13(2)23-17(20-12)21-22-18(23)25-14(3)16(24)19-10-9-15-7-5-4-6-8-15/h7,11,14H,4-6,8-10H2,1-3H3,(H,19,24)/t14-/m1/s1. The first kappa shape index (κ1) is 17.9. The molecule has 0 aliphatic heterocycles. The van der Waals surface area contributed by atoms with Crippen LogP contribution in [-0.2, 0) is 4.79 Å². The monoisotopic (exact) mass is 359 g/mol. The van der Waals surface area contributed by atoms with Crippen molar-refractivity contribution in [3.8, 4) is 0 Å². The molecule has 0 aromatic carbocycles. The van der Waals surface area contributed by atoms with E-state index in [1.807, 2.05) is 31.2 Å². The smallest absolute Gasteiger partial charge is 0.256 e. The van der Waals surface area contributed by atoms with Gasteiger partial charge in [0.25, 0.3) is 5.78 Å². The Bertz CT molecular complexity index is 798. The molecule has 0 saturated carbocycles. The van der Waals surface area contributed by atoms with Gasteiger partial charge in [-0.15, -0.1) is 10.2 Å². The molecule has 6 nitrogen and oxygen atoms in total. The van der Waals surface area contributed by atoms with Gasteiger partial charge >= 0.3 is 0 Å². The molecule has 1 atom stereocenters. The Morgan fingerprint density at radius 2 is 2.20 bits per heavy atom. The topological polar surface area (TPSA) is 72.2 Å². The summed E-state index contributed by atoms with van der Waals surface area (Å²) in [7, 11) is 0. The number of allylic oxidation sites excluding steroid dienone is 1. The third-order valence-electron chi connectivity index (χ3n) is 4.44. The molecule has 0 spiro atoms. The SMILES string of the molecule is Cc1cc(C)n2c(S[C@H](C)C(=O)NCCC3=CCCCC3)nnc2n1. The fourth-order valence-electron chi connectivity index (χ4n) is 3.11. The molecule has 134 valence electrons. The molecule has 1 aliphatic carbocycles. The van der Waals surface area contributed by atoms with Crippen molar-refractivity contribution in [2.24, 2.45) is 0 Å². The summed E-state index contributed by atoms with van der Waals surface area (Å²) in [4.78, 5) is 16.7. The molecule has 7 heteroatoms. The summed E-state index contributed by atoms with van der Waals surface area (Å²) < 4.78 is 1.90. The Morgan fingerprint density at radius 3 is 2.96 bits per heavy atom. The number of thioether (sulfide) groups is 1. The molecule has 1 aliphatic rings. The van der Waals surface area contributed by atoms with Crippen molar-refractivity contribution in [2.45, 2.75) is 63.3 Å². The van der Waals surface area contributed by atoms with Crippen LogP contribution in [-0.4, -0.2) is 37.3 Å². The molecule has 25 heavy (non-hydrogen) atoms. The van der Waals surface area contributed by atoms with Gasteiger partial charge in [-0.3, -0.25) is 9.20 Å². The van der Waals surface area contributed by atoms with Crippen LogP contribution in [0.15, 0.2) is 22.9 Å². The molecule has 0 fully saturated rings. The molecule has 3 rings (SSSR count). The number of carbonyl (C=O) groups is 1. The highest BCUT2D eigenvalue weighted by Gasteiger charge is 2.19. The number of carbonyl (C=O) groups excluding carboxylic acids is 1. The number of amides is 1. The zero-order chi connectivity index (χ0) is 17.8. The number of hydrogen-bond acceptors (Lipinski definition) is 5. The molecular weight excluding hydrogens is 334 g/mol. The first-order chi connectivity index (χ1) is 12.0. The number of fused-ring (bicyclic) bond motifs is 1. The molecule has 1 amide bonds. The highest BCUT2D eigenvalue weighted by atomic mass is 32.2. The van der Waals surface area contributed by atoms with E-state index in [-0.39, 0.29) is 11.2 Å². The van der Waals surface area contributed by atoms with E-state index in [1.165, 1.54) is 43.0 Å². The predicted molar refractivity (Wildman–Crippen MR) is 99.8 cm³/mol. The van der Waals surface area contributed by atoms with Crippen LogP contribution < -0.4 is 5.32 Å². The third-order valence-corrected chi connectivity index (χ3v) is 5.49. The van der Waals surface area contributed by atoms with E-state index in [4.69, 9.17) is 0 Å². The van der Waals surface area contributed by atoms with E-state index in [0.29, 0.717) is 17.5 Å². The lowest BCUT2D eigenvalue weighted by molar-refractivity contribution is -0.120. The Kier molecular flexibility index (Phi) is 5.73. The van der Waals surface area contributed by atoms with Crippen molar-refractivity contribution >= 4 is 23.4 Å². The highest BCUT2D eigenvalue weighted by molar-refractivity contribution is 8.00. The van der Waals surface area contributed by atoms with Gasteiger partial charge in [0, 0.05) is 17.9 Å². The van der Waals surface area contributed by atoms with Crippen LogP contribution in [0.25, 0.3) is 5.78 Å². The Balaban J connectivity index is 1.57. The maximum atomic E-state index is 12.4. The summed E-state index contributed by atoms with van der Waals surface area (Å²) in [5, 5.41) is 11.8. The van der Waals surface area contributed by atoms with Crippen LogP contribution in [0.1, 0.15) is 50.4 Å². The fourth-order valence-corrected chi connectivity index (χ4v) is 4.04. The van der Waals surface area contributed by atoms with E-state index in [0.717, 1.165) is 17.8 Å². The van der Waals surface area contributed by atoms with Crippen molar-refractivity contribution in [1.29, 1.82) is 0 Å². The minimum absolute atomic E-state index is 0.0379. The van der Waals surface area contributed by atoms with E-state index in [1.54, 1.807) is 0 Å². The minimum atomic E-state index is -0.228. The Labute approximate surface area is 152 Å². The van der Waals surface area contributed by atoms with Crippen LogP contribution in [0, 0.1) is 13.8 Å². The summed E-state index contributed by atoms with van der Waals surface area (Å²) in [6.07, 6.45) is 8.22. The van der Waals surface area contributed by atoms with Crippen LogP contribution in [0.4, 0.5) is 0 Å².